The Kier molecular flexibility index (Phi) is 5.41. The predicted octanol–water partition coefficient (Wildman–Crippen LogP) is 5.63. The van der Waals surface area contributed by atoms with Crippen LogP contribution in [-0.2, 0) is 18.3 Å². The molecule has 0 fully saturated rings. The Morgan fingerprint density at radius 3 is 1.26 bits per heavy atom. The van der Waals surface area contributed by atoms with Gasteiger partial charge in [0.25, 0.3) is 0 Å². The second-order valence-corrected chi connectivity index (χ2v) is 6.14. The van der Waals surface area contributed by atoms with E-state index in [0.29, 0.717) is 12.1 Å². The molecule has 0 aliphatic rings. The van der Waals surface area contributed by atoms with Gasteiger partial charge in [-0.05, 0) is 47.2 Å². The smallest absolute Gasteiger partial charge is 0.411 e. The fraction of sp³-hybridized carbons (Fsp3) is 0.368. The Labute approximate surface area is 152 Å². The highest BCUT2D eigenvalue weighted by atomic mass is 19.4. The van der Waals surface area contributed by atoms with Crippen molar-refractivity contribution in [2.75, 3.05) is 0 Å². The SMILES string of the molecule is CCc1cc(C(c2ccc(O)c(CC)c2)(C(F)(F)F)C(F)(F)F)ccc1O. The van der Waals surface area contributed by atoms with E-state index < -0.39 is 28.9 Å². The molecule has 0 amide bonds. The van der Waals surface area contributed by atoms with E-state index in [4.69, 9.17) is 0 Å². The summed E-state index contributed by atoms with van der Waals surface area (Å²) in [6, 6.07) is 4.40. The minimum Gasteiger partial charge on any atom is -0.508 e. The Hall–Kier alpha value is -2.38. The van der Waals surface area contributed by atoms with E-state index in [1.165, 1.54) is 13.8 Å². The van der Waals surface area contributed by atoms with Crippen LogP contribution < -0.4 is 0 Å². The van der Waals surface area contributed by atoms with E-state index in [1.54, 1.807) is 0 Å². The lowest BCUT2D eigenvalue weighted by Gasteiger charge is -2.38. The third-order valence-corrected chi connectivity index (χ3v) is 4.64. The van der Waals surface area contributed by atoms with E-state index >= 15 is 0 Å². The van der Waals surface area contributed by atoms with Gasteiger partial charge in [0.1, 0.15) is 11.5 Å². The maximum Gasteiger partial charge on any atom is 0.411 e. The number of benzene rings is 2. The first-order valence-corrected chi connectivity index (χ1v) is 8.18. The van der Waals surface area contributed by atoms with Crippen LogP contribution in [0.2, 0.25) is 0 Å². The molecule has 148 valence electrons. The predicted molar refractivity (Wildman–Crippen MR) is 87.9 cm³/mol. The molecule has 0 saturated heterocycles. The molecule has 2 N–H and O–H groups in total. The van der Waals surface area contributed by atoms with Gasteiger partial charge in [-0.2, -0.15) is 26.3 Å². The fourth-order valence-electron chi connectivity index (χ4n) is 3.19. The molecule has 0 spiro atoms. The monoisotopic (exact) mass is 392 g/mol. The van der Waals surface area contributed by atoms with Gasteiger partial charge in [0.05, 0.1) is 0 Å². The van der Waals surface area contributed by atoms with Crippen molar-refractivity contribution < 1.29 is 36.6 Å². The highest BCUT2D eigenvalue weighted by molar-refractivity contribution is 5.51. The molecule has 8 heteroatoms. The molecule has 0 aliphatic carbocycles. The topological polar surface area (TPSA) is 40.5 Å². The summed E-state index contributed by atoms with van der Waals surface area (Å²) in [5, 5.41) is 19.4. The molecule has 2 aromatic rings. The molecular formula is C19H18F6O2. The maximum absolute atomic E-state index is 14.1. The van der Waals surface area contributed by atoms with Gasteiger partial charge in [-0.15, -0.1) is 0 Å². The second-order valence-electron chi connectivity index (χ2n) is 6.14. The summed E-state index contributed by atoms with van der Waals surface area (Å²) in [6.45, 7) is 3.02. The summed E-state index contributed by atoms with van der Waals surface area (Å²) in [6.07, 6.45) is -11.3. The number of phenolic OH excluding ortho intramolecular Hbond substituents is 2. The van der Waals surface area contributed by atoms with E-state index in [-0.39, 0.29) is 35.5 Å². The summed E-state index contributed by atoms with van der Waals surface area (Å²) in [7, 11) is 0. The van der Waals surface area contributed by atoms with E-state index in [1.807, 2.05) is 0 Å². The lowest BCUT2D eigenvalue weighted by Crippen LogP contribution is -2.54. The van der Waals surface area contributed by atoms with Gasteiger partial charge < -0.3 is 10.2 Å². The molecule has 0 radical (unpaired) electrons. The van der Waals surface area contributed by atoms with E-state index in [2.05, 4.69) is 0 Å². The van der Waals surface area contributed by atoms with Gasteiger partial charge in [-0.1, -0.05) is 38.1 Å². The van der Waals surface area contributed by atoms with Crippen LogP contribution in [0, 0.1) is 0 Å². The van der Waals surface area contributed by atoms with Crippen LogP contribution >= 0.6 is 0 Å². The first kappa shape index (κ1) is 20.9. The number of hydrogen-bond donors (Lipinski definition) is 2. The quantitative estimate of drug-likeness (QED) is 0.662. The number of aryl methyl sites for hydroxylation is 2. The molecule has 2 rings (SSSR count). The molecule has 0 aromatic heterocycles. The minimum absolute atomic E-state index is 0.0279. The third kappa shape index (κ3) is 3.33. The Bertz CT molecular complexity index is 754. The first-order chi connectivity index (χ1) is 12.4. The molecule has 27 heavy (non-hydrogen) atoms. The van der Waals surface area contributed by atoms with Gasteiger partial charge in [0, 0.05) is 0 Å². The van der Waals surface area contributed by atoms with Crippen LogP contribution in [0.5, 0.6) is 11.5 Å². The molecule has 0 aliphatic heterocycles. The first-order valence-electron chi connectivity index (χ1n) is 8.18. The standard InChI is InChI=1S/C19H18F6O2/c1-3-11-9-13(5-7-15(11)26)17(18(20,21)22,19(23,24)25)14-6-8-16(27)12(4-2)10-14/h5-10,26-27H,3-4H2,1-2H3. The van der Waals surface area contributed by atoms with Crippen molar-refractivity contribution in [1.82, 2.24) is 0 Å². The number of phenols is 2. The number of halogens is 6. The number of aromatic hydroxyl groups is 2. The van der Waals surface area contributed by atoms with Crippen molar-refractivity contribution >= 4 is 0 Å². The molecule has 0 unspecified atom stereocenters. The molecule has 0 bridgehead atoms. The normalized spacial score (nSPS) is 13.0. The van der Waals surface area contributed by atoms with Crippen LogP contribution in [0.1, 0.15) is 36.1 Å². The Morgan fingerprint density at radius 2 is 1.00 bits per heavy atom. The highest BCUT2D eigenvalue weighted by Gasteiger charge is 2.72. The zero-order chi connectivity index (χ0) is 20.6. The molecule has 2 nitrogen and oxygen atoms in total. The summed E-state index contributed by atoms with van der Waals surface area (Å²) in [5.74, 6) is -0.751. The van der Waals surface area contributed by atoms with E-state index in [9.17, 15) is 36.6 Å². The molecule has 0 saturated carbocycles. The van der Waals surface area contributed by atoms with Gasteiger partial charge in [0.15, 0.2) is 0 Å². The van der Waals surface area contributed by atoms with Crippen molar-refractivity contribution in [3.05, 3.63) is 58.7 Å². The summed E-state index contributed by atoms with van der Waals surface area (Å²) in [5.41, 5.74) is -6.43. The van der Waals surface area contributed by atoms with Gasteiger partial charge in [0.2, 0.25) is 5.41 Å². The van der Waals surface area contributed by atoms with Gasteiger partial charge in [-0.25, -0.2) is 0 Å². The average molecular weight is 392 g/mol. The number of rotatable bonds is 4. The minimum atomic E-state index is -5.71. The van der Waals surface area contributed by atoms with E-state index in [0.717, 1.165) is 24.3 Å². The van der Waals surface area contributed by atoms with Crippen LogP contribution in [0.15, 0.2) is 36.4 Å². The molecular weight excluding hydrogens is 374 g/mol. The number of hydrogen-bond acceptors (Lipinski definition) is 2. The fourth-order valence-corrected chi connectivity index (χ4v) is 3.19. The number of alkyl halides is 6. The third-order valence-electron chi connectivity index (χ3n) is 4.64. The van der Waals surface area contributed by atoms with Crippen LogP contribution in [0.3, 0.4) is 0 Å². The Balaban J connectivity index is 2.96. The van der Waals surface area contributed by atoms with Gasteiger partial charge >= 0.3 is 12.4 Å². The van der Waals surface area contributed by atoms with Crippen LogP contribution in [0.4, 0.5) is 26.3 Å². The zero-order valence-electron chi connectivity index (χ0n) is 14.5. The molecule has 0 atom stereocenters. The molecule has 0 heterocycles. The second kappa shape index (κ2) is 6.98. The van der Waals surface area contributed by atoms with Crippen molar-refractivity contribution in [1.29, 1.82) is 0 Å². The lowest BCUT2D eigenvalue weighted by molar-refractivity contribution is -0.288. The summed E-state index contributed by atoms with van der Waals surface area (Å²) >= 11 is 0. The maximum atomic E-state index is 14.1. The van der Waals surface area contributed by atoms with Gasteiger partial charge in [-0.3, -0.25) is 0 Å². The summed E-state index contributed by atoms with van der Waals surface area (Å²) < 4.78 is 84.4. The van der Waals surface area contributed by atoms with Crippen molar-refractivity contribution in [2.45, 2.75) is 44.5 Å². The highest BCUT2D eigenvalue weighted by Crippen LogP contribution is 2.56. The Morgan fingerprint density at radius 1 is 0.667 bits per heavy atom. The van der Waals surface area contributed by atoms with Crippen molar-refractivity contribution in [2.24, 2.45) is 0 Å². The average Bonchev–Trinajstić information content (AvgIpc) is 2.55. The van der Waals surface area contributed by atoms with Crippen LogP contribution in [0.25, 0.3) is 0 Å². The summed E-state index contributed by atoms with van der Waals surface area (Å²) in [4.78, 5) is 0. The lowest BCUT2D eigenvalue weighted by atomic mass is 9.72. The molecule has 2 aromatic carbocycles. The van der Waals surface area contributed by atoms with Crippen molar-refractivity contribution in [3.8, 4) is 11.5 Å². The van der Waals surface area contributed by atoms with Crippen LogP contribution in [-0.4, -0.2) is 22.6 Å². The van der Waals surface area contributed by atoms with Crippen molar-refractivity contribution in [3.63, 3.8) is 0 Å². The zero-order valence-corrected chi connectivity index (χ0v) is 14.5. The largest absolute Gasteiger partial charge is 0.508 e.